The summed E-state index contributed by atoms with van der Waals surface area (Å²) in [6, 6.07) is 3.46. The molecule has 0 aliphatic rings. The summed E-state index contributed by atoms with van der Waals surface area (Å²) in [5.74, 6) is 0. The molecule has 0 bridgehead atoms. The minimum Gasteiger partial charge on any atom is -0.398 e. The largest absolute Gasteiger partial charge is 0.398 e. The molecule has 4 heteroatoms. The first-order chi connectivity index (χ1) is 6.90. The van der Waals surface area contributed by atoms with E-state index in [-0.39, 0.29) is 0 Å². The molecule has 1 aromatic rings. The average molecular weight is 207 g/mol. The number of hydrogen-bond acceptors (Lipinski definition) is 4. The lowest BCUT2D eigenvalue weighted by Crippen LogP contribution is -2.18. The Labute approximate surface area is 89.6 Å². The van der Waals surface area contributed by atoms with Crippen LogP contribution in [0.2, 0.25) is 0 Å². The standard InChI is InChI=1S/C11H17N3O/c1-11(2,15)8-5-9(13)7(6-12)4-10(8)14-3/h4-6,12,14-15H,13H2,1-3H3. The zero-order chi connectivity index (χ0) is 11.6. The molecule has 0 atom stereocenters. The molecule has 1 rings (SSSR count). The van der Waals surface area contributed by atoms with Crippen molar-refractivity contribution in [3.8, 4) is 0 Å². The molecule has 1 aromatic carbocycles. The molecule has 82 valence electrons. The van der Waals surface area contributed by atoms with E-state index in [2.05, 4.69) is 5.32 Å². The number of nitrogens with two attached hydrogens (primary N) is 1. The summed E-state index contributed by atoms with van der Waals surface area (Å²) >= 11 is 0. The molecule has 0 heterocycles. The summed E-state index contributed by atoms with van der Waals surface area (Å²) in [6.45, 7) is 3.40. The van der Waals surface area contributed by atoms with Crippen molar-refractivity contribution in [1.82, 2.24) is 0 Å². The van der Waals surface area contributed by atoms with Crippen LogP contribution in [0.25, 0.3) is 0 Å². The van der Waals surface area contributed by atoms with Crippen LogP contribution in [-0.4, -0.2) is 18.4 Å². The SMILES string of the molecule is CNc1cc(C=N)c(N)cc1C(C)(C)O. The van der Waals surface area contributed by atoms with Crippen LogP contribution in [0.4, 0.5) is 11.4 Å². The van der Waals surface area contributed by atoms with Crippen molar-refractivity contribution in [2.45, 2.75) is 19.4 Å². The molecule has 0 fully saturated rings. The van der Waals surface area contributed by atoms with Gasteiger partial charge in [0.15, 0.2) is 0 Å². The van der Waals surface area contributed by atoms with E-state index in [9.17, 15) is 5.11 Å². The van der Waals surface area contributed by atoms with E-state index in [1.165, 1.54) is 6.21 Å². The van der Waals surface area contributed by atoms with E-state index in [4.69, 9.17) is 11.1 Å². The first kappa shape index (κ1) is 11.5. The molecule has 0 radical (unpaired) electrons. The van der Waals surface area contributed by atoms with Crippen molar-refractivity contribution in [1.29, 1.82) is 5.41 Å². The fourth-order valence-electron chi connectivity index (χ4n) is 1.47. The third kappa shape index (κ3) is 2.27. The molecule has 0 aliphatic carbocycles. The molecule has 0 saturated heterocycles. The summed E-state index contributed by atoms with van der Waals surface area (Å²) in [7, 11) is 1.77. The smallest absolute Gasteiger partial charge is 0.0861 e. The maximum Gasteiger partial charge on any atom is 0.0861 e. The lowest BCUT2D eigenvalue weighted by molar-refractivity contribution is 0.0794. The fraction of sp³-hybridized carbons (Fsp3) is 0.364. The molecular weight excluding hydrogens is 190 g/mol. The second-order valence-electron chi connectivity index (χ2n) is 3.98. The lowest BCUT2D eigenvalue weighted by Gasteiger charge is -2.22. The van der Waals surface area contributed by atoms with Gasteiger partial charge in [-0.05, 0) is 26.0 Å². The third-order valence-electron chi connectivity index (χ3n) is 2.31. The summed E-state index contributed by atoms with van der Waals surface area (Å²) in [5, 5.41) is 20.1. The van der Waals surface area contributed by atoms with Gasteiger partial charge in [-0.3, -0.25) is 0 Å². The highest BCUT2D eigenvalue weighted by Crippen LogP contribution is 2.31. The van der Waals surface area contributed by atoms with Gasteiger partial charge in [-0.2, -0.15) is 0 Å². The number of rotatable bonds is 3. The van der Waals surface area contributed by atoms with Crippen LogP contribution < -0.4 is 11.1 Å². The highest BCUT2D eigenvalue weighted by atomic mass is 16.3. The van der Waals surface area contributed by atoms with Crippen LogP contribution in [0.1, 0.15) is 25.0 Å². The second-order valence-corrected chi connectivity index (χ2v) is 3.98. The van der Waals surface area contributed by atoms with Gasteiger partial charge in [0.2, 0.25) is 0 Å². The summed E-state index contributed by atoms with van der Waals surface area (Å²) in [4.78, 5) is 0. The number of aliphatic hydroxyl groups is 1. The predicted molar refractivity (Wildman–Crippen MR) is 63.5 cm³/mol. The molecule has 5 N–H and O–H groups in total. The van der Waals surface area contributed by atoms with Gasteiger partial charge in [0.25, 0.3) is 0 Å². The van der Waals surface area contributed by atoms with E-state index in [1.54, 1.807) is 33.0 Å². The van der Waals surface area contributed by atoms with E-state index in [1.807, 2.05) is 0 Å². The van der Waals surface area contributed by atoms with Gasteiger partial charge in [-0.15, -0.1) is 0 Å². The van der Waals surface area contributed by atoms with Gasteiger partial charge in [-0.25, -0.2) is 0 Å². The van der Waals surface area contributed by atoms with Gasteiger partial charge in [0.05, 0.1) is 5.60 Å². The number of nitrogen functional groups attached to an aromatic ring is 1. The Morgan fingerprint density at radius 1 is 1.47 bits per heavy atom. The number of anilines is 2. The second kappa shape index (κ2) is 3.90. The zero-order valence-electron chi connectivity index (χ0n) is 9.26. The Balaban J connectivity index is 3.40. The maximum absolute atomic E-state index is 9.94. The van der Waals surface area contributed by atoms with Crippen LogP contribution in [-0.2, 0) is 5.60 Å². The molecule has 0 amide bonds. The van der Waals surface area contributed by atoms with Gasteiger partial charge >= 0.3 is 0 Å². The lowest BCUT2D eigenvalue weighted by atomic mass is 9.94. The van der Waals surface area contributed by atoms with Gasteiger partial charge < -0.3 is 21.6 Å². The third-order valence-corrected chi connectivity index (χ3v) is 2.31. The first-order valence-electron chi connectivity index (χ1n) is 4.74. The van der Waals surface area contributed by atoms with Crippen LogP contribution in [0.15, 0.2) is 12.1 Å². The molecular formula is C11H17N3O. The summed E-state index contributed by atoms with van der Waals surface area (Å²) in [5.41, 5.74) is 7.47. The monoisotopic (exact) mass is 207 g/mol. The minimum atomic E-state index is -0.951. The maximum atomic E-state index is 9.94. The quantitative estimate of drug-likeness (QED) is 0.448. The van der Waals surface area contributed by atoms with Gasteiger partial charge in [0, 0.05) is 35.8 Å². The Bertz CT molecular complexity index is 380. The average Bonchev–Trinajstić information content (AvgIpc) is 2.16. The number of hydrogen-bond donors (Lipinski definition) is 4. The molecule has 0 aliphatic heterocycles. The first-order valence-corrected chi connectivity index (χ1v) is 4.74. The van der Waals surface area contributed by atoms with Gasteiger partial charge in [-0.1, -0.05) is 0 Å². The minimum absolute atomic E-state index is 0.501. The van der Waals surface area contributed by atoms with Gasteiger partial charge in [0.1, 0.15) is 0 Å². The van der Waals surface area contributed by atoms with Crippen molar-refractivity contribution < 1.29 is 5.11 Å². The summed E-state index contributed by atoms with van der Waals surface area (Å²) < 4.78 is 0. The highest BCUT2D eigenvalue weighted by Gasteiger charge is 2.20. The van der Waals surface area contributed by atoms with Crippen LogP contribution in [0, 0.1) is 5.41 Å². The van der Waals surface area contributed by atoms with E-state index < -0.39 is 5.60 Å². The van der Waals surface area contributed by atoms with E-state index >= 15 is 0 Å². The Morgan fingerprint density at radius 3 is 2.47 bits per heavy atom. The normalized spacial score (nSPS) is 11.2. The Kier molecular flexibility index (Phi) is 3.00. The number of nitrogens with one attached hydrogen (secondary N) is 2. The van der Waals surface area contributed by atoms with Crippen molar-refractivity contribution >= 4 is 17.6 Å². The molecule has 15 heavy (non-hydrogen) atoms. The highest BCUT2D eigenvalue weighted by molar-refractivity contribution is 5.87. The molecule has 0 aromatic heterocycles. The van der Waals surface area contributed by atoms with Crippen molar-refractivity contribution in [3.05, 3.63) is 23.3 Å². The zero-order valence-corrected chi connectivity index (χ0v) is 9.26. The van der Waals surface area contributed by atoms with E-state index in [0.29, 0.717) is 11.3 Å². The number of benzene rings is 1. The van der Waals surface area contributed by atoms with Crippen molar-refractivity contribution in [2.75, 3.05) is 18.1 Å². The van der Waals surface area contributed by atoms with Crippen LogP contribution >= 0.6 is 0 Å². The topological polar surface area (TPSA) is 82.1 Å². The van der Waals surface area contributed by atoms with Crippen molar-refractivity contribution in [2.24, 2.45) is 0 Å². The molecule has 0 saturated carbocycles. The molecule has 0 spiro atoms. The van der Waals surface area contributed by atoms with Crippen LogP contribution in [0.3, 0.4) is 0 Å². The Morgan fingerprint density at radius 2 is 2.07 bits per heavy atom. The summed E-state index contributed by atoms with van der Waals surface area (Å²) in [6.07, 6.45) is 1.20. The van der Waals surface area contributed by atoms with Crippen LogP contribution in [0.5, 0.6) is 0 Å². The Hall–Kier alpha value is -1.55. The predicted octanol–water partition coefficient (Wildman–Crippen LogP) is 1.54. The fourth-order valence-corrected chi connectivity index (χ4v) is 1.47. The van der Waals surface area contributed by atoms with Crippen molar-refractivity contribution in [3.63, 3.8) is 0 Å². The molecule has 4 nitrogen and oxygen atoms in total. The molecule has 0 unspecified atom stereocenters. The van der Waals surface area contributed by atoms with E-state index in [0.717, 1.165) is 11.3 Å².